The summed E-state index contributed by atoms with van der Waals surface area (Å²) in [5.41, 5.74) is 40.8. The lowest BCUT2D eigenvalue weighted by Crippen LogP contribution is -1.98. The lowest BCUT2D eigenvalue weighted by atomic mass is 9.94. The summed E-state index contributed by atoms with van der Waals surface area (Å²) < 4.78 is 0. The van der Waals surface area contributed by atoms with Gasteiger partial charge in [0.2, 0.25) is 0 Å². The molecule has 0 bridgehead atoms. The van der Waals surface area contributed by atoms with E-state index in [1.165, 1.54) is 33.4 Å². The summed E-state index contributed by atoms with van der Waals surface area (Å²) in [6, 6.07) is 163. The molecule has 0 spiro atoms. The van der Waals surface area contributed by atoms with E-state index >= 15 is 0 Å². The van der Waals surface area contributed by atoms with Gasteiger partial charge in [-0.05, 0) is 172 Å². The number of nitrogens with zero attached hydrogens (tertiary/aromatic N) is 12. The van der Waals surface area contributed by atoms with Crippen LogP contribution in [-0.2, 0) is 0 Å². The molecule has 0 unspecified atom stereocenters. The SMILES string of the molecule is Cc1cc(-c2cccc(-c3cc(-c4ccc(-c5ccccc5)cc4)nc(-c4ccccc4)n3)c2)c2ccc3ccc(-c4ccccc4)nc3c2n1.Cc1cc(-c2cccc(-c3cc(-c4ccc(-c5ccccc5)cc4)nc(-c4ccccc4)n3)c2)c2ccc3ccc(C(C)C)nc3c2n1.Cc1ccc2ccc3c(-c4cccc(-c5cc(-c6ccc(-c7ccccc7)cc6)nc(-c6ccccc6)n5)c4)cc(C(C)C)nc3c2n1. The first kappa shape index (κ1) is 92.0. The lowest BCUT2D eigenvalue weighted by Gasteiger charge is -2.15. The molecule has 9 heterocycles. The molecule has 0 fully saturated rings. The molecular formula is C135H100N12. The van der Waals surface area contributed by atoms with Crippen molar-refractivity contribution in [3.8, 4) is 180 Å². The highest BCUT2D eigenvalue weighted by Crippen LogP contribution is 2.43. The van der Waals surface area contributed by atoms with Crippen LogP contribution < -0.4 is 0 Å². The van der Waals surface area contributed by atoms with E-state index in [1.54, 1.807) is 0 Å². The molecule has 0 atom stereocenters. The lowest BCUT2D eigenvalue weighted by molar-refractivity contribution is 0.830. The van der Waals surface area contributed by atoms with Crippen LogP contribution in [0.2, 0.25) is 0 Å². The fourth-order valence-corrected chi connectivity index (χ4v) is 19.4. The molecule has 12 heteroatoms. The van der Waals surface area contributed by atoms with Crippen LogP contribution in [0.3, 0.4) is 0 Å². The molecule has 0 amide bonds. The van der Waals surface area contributed by atoms with Crippen LogP contribution in [0.25, 0.3) is 245 Å². The molecule has 0 saturated carbocycles. The molecule has 0 saturated heterocycles. The second-order valence-corrected chi connectivity index (χ2v) is 37.9. The summed E-state index contributed by atoms with van der Waals surface area (Å²) in [7, 11) is 0. The number of benzene rings is 16. The second-order valence-electron chi connectivity index (χ2n) is 37.9. The largest absolute Gasteiger partial charge is 0.251 e. The van der Waals surface area contributed by atoms with E-state index in [1.807, 2.05) is 97.9 Å². The molecule has 147 heavy (non-hydrogen) atoms. The Morgan fingerprint density at radius 2 is 0.388 bits per heavy atom. The van der Waals surface area contributed by atoms with E-state index in [0.717, 1.165) is 223 Å². The third-order valence-corrected chi connectivity index (χ3v) is 27.2. The van der Waals surface area contributed by atoms with Crippen molar-refractivity contribution in [2.24, 2.45) is 0 Å². The molecule has 0 aliphatic heterocycles. The van der Waals surface area contributed by atoms with Crippen LogP contribution in [0.4, 0.5) is 0 Å². The van der Waals surface area contributed by atoms with Crippen LogP contribution in [0.1, 0.15) is 68.0 Å². The Bertz CT molecular complexity index is 9200. The van der Waals surface area contributed by atoms with Crippen molar-refractivity contribution in [1.82, 2.24) is 59.8 Å². The van der Waals surface area contributed by atoms with Gasteiger partial charge in [0.05, 0.1) is 73.0 Å². The fraction of sp³-hybridized carbons (Fsp3) is 0.0667. The average Bonchev–Trinajstić information content (AvgIpc) is 0.756. The van der Waals surface area contributed by atoms with Gasteiger partial charge in [0, 0.05) is 116 Å². The van der Waals surface area contributed by atoms with E-state index in [2.05, 4.69) is 418 Å². The number of aryl methyl sites for hydroxylation is 3. The van der Waals surface area contributed by atoms with Crippen LogP contribution in [0.15, 0.2) is 467 Å². The molecule has 0 N–H and O–H groups in total. The first-order valence-electron chi connectivity index (χ1n) is 50.0. The van der Waals surface area contributed by atoms with E-state index in [9.17, 15) is 0 Å². The van der Waals surface area contributed by atoms with E-state index in [-0.39, 0.29) is 5.92 Å². The molecule has 25 rings (SSSR count). The molecule has 16 aromatic carbocycles. The van der Waals surface area contributed by atoms with Gasteiger partial charge in [-0.25, -0.2) is 34.9 Å². The highest BCUT2D eigenvalue weighted by Gasteiger charge is 2.23. The van der Waals surface area contributed by atoms with E-state index in [0.29, 0.717) is 23.4 Å². The number of hydrogen-bond donors (Lipinski definition) is 0. The van der Waals surface area contributed by atoms with Gasteiger partial charge >= 0.3 is 0 Å². The molecule has 700 valence electrons. The quantitative estimate of drug-likeness (QED) is 0.0751. The zero-order valence-electron chi connectivity index (χ0n) is 82.5. The van der Waals surface area contributed by atoms with Crippen LogP contribution in [0, 0.1) is 20.8 Å². The highest BCUT2D eigenvalue weighted by molar-refractivity contribution is 6.12. The van der Waals surface area contributed by atoms with Crippen LogP contribution in [0.5, 0.6) is 0 Å². The van der Waals surface area contributed by atoms with Crippen molar-refractivity contribution in [3.63, 3.8) is 0 Å². The molecule has 9 aromatic heterocycles. The summed E-state index contributed by atoms with van der Waals surface area (Å²) in [5.74, 6) is 2.69. The zero-order valence-corrected chi connectivity index (χ0v) is 82.5. The topological polar surface area (TPSA) is 155 Å². The molecule has 0 radical (unpaired) electrons. The van der Waals surface area contributed by atoms with Crippen molar-refractivity contribution < 1.29 is 0 Å². The Kier molecular flexibility index (Phi) is 25.4. The summed E-state index contributed by atoms with van der Waals surface area (Å²) in [4.78, 5) is 60.9. The molecule has 0 aliphatic carbocycles. The van der Waals surface area contributed by atoms with Gasteiger partial charge in [-0.15, -0.1) is 0 Å². The van der Waals surface area contributed by atoms with Gasteiger partial charge < -0.3 is 0 Å². The Hall–Kier alpha value is -18.8. The number of hydrogen-bond acceptors (Lipinski definition) is 12. The molecular weight excluding hydrogens is 1790 g/mol. The average molecular weight is 1890 g/mol. The van der Waals surface area contributed by atoms with Gasteiger partial charge in [0.1, 0.15) is 0 Å². The van der Waals surface area contributed by atoms with Gasteiger partial charge in [-0.3, -0.25) is 24.9 Å². The smallest absolute Gasteiger partial charge is 0.160 e. The third kappa shape index (κ3) is 19.6. The molecule has 12 nitrogen and oxygen atoms in total. The predicted octanol–water partition coefficient (Wildman–Crippen LogP) is 34.6. The third-order valence-electron chi connectivity index (χ3n) is 27.2. The van der Waals surface area contributed by atoms with Crippen molar-refractivity contribution in [2.75, 3.05) is 0 Å². The van der Waals surface area contributed by atoms with Gasteiger partial charge in [0.25, 0.3) is 0 Å². The number of rotatable bonds is 18. The standard InChI is InChI=1S/C47H32N4.2C44H34N4/c1-31-28-41(40-26-24-36-25-27-42(34-14-7-3-8-15-34)49-45(36)46(40)48-31)38-18-11-19-39(29-38)44-30-43(50-47(51-44)37-16-9-4-10-17-37)35-22-20-33(21-23-35)32-12-5-2-6-13-32;1-28(2)39-24-22-33-21-23-37-38(25-29(3)45-43(37)42(33)46-39)35-15-10-16-36(26-35)41-27-40(47-44(48-41)34-13-8-5-9-14-34)32-19-17-31(18-20-32)30-11-6-4-7-12-30;1-28(2)39-26-38(37-24-23-33-18-17-29(3)45-42(33)43(37)46-39)35-15-10-16-36(25-35)41-27-40(47-44(48-41)34-13-8-5-9-14-34)32-21-19-31(20-22-32)30-11-6-4-7-12-30/h2-30H,1H3;2*4-28H,1-3H3. The minimum atomic E-state index is 0.266. The maximum atomic E-state index is 5.14. The van der Waals surface area contributed by atoms with Gasteiger partial charge in [-0.2, -0.15) is 0 Å². The van der Waals surface area contributed by atoms with Crippen LogP contribution >= 0.6 is 0 Å². The maximum absolute atomic E-state index is 5.14. The normalized spacial score (nSPS) is 11.4. The van der Waals surface area contributed by atoms with Crippen molar-refractivity contribution in [2.45, 2.75) is 60.3 Å². The summed E-state index contributed by atoms with van der Waals surface area (Å²) in [6.07, 6.45) is 0. The van der Waals surface area contributed by atoms with Crippen molar-refractivity contribution >= 4 is 65.4 Å². The zero-order chi connectivity index (χ0) is 99.4. The highest BCUT2D eigenvalue weighted by atomic mass is 14.9. The van der Waals surface area contributed by atoms with E-state index in [4.69, 9.17) is 59.8 Å². The fourth-order valence-electron chi connectivity index (χ4n) is 19.4. The number of fused-ring (bicyclic) bond motifs is 9. The minimum Gasteiger partial charge on any atom is -0.251 e. The summed E-state index contributed by atoms with van der Waals surface area (Å²) in [5, 5.41) is 6.51. The van der Waals surface area contributed by atoms with Crippen molar-refractivity contribution in [3.05, 3.63) is 496 Å². The monoisotopic (exact) mass is 1890 g/mol. The minimum absolute atomic E-state index is 0.266. The van der Waals surface area contributed by atoms with Gasteiger partial charge in [0.15, 0.2) is 17.5 Å². The molecule has 25 aromatic rings. The van der Waals surface area contributed by atoms with Crippen molar-refractivity contribution in [1.29, 1.82) is 0 Å². The van der Waals surface area contributed by atoms with E-state index < -0.39 is 0 Å². The summed E-state index contributed by atoms with van der Waals surface area (Å²) in [6.45, 7) is 14.9. The first-order valence-corrected chi connectivity index (χ1v) is 50.0. The first-order chi connectivity index (χ1) is 72.2. The number of pyridine rings is 6. The Morgan fingerprint density at radius 3 is 0.741 bits per heavy atom. The van der Waals surface area contributed by atoms with Crippen LogP contribution in [-0.4, -0.2) is 59.8 Å². The predicted molar refractivity (Wildman–Crippen MR) is 607 cm³/mol. The molecule has 0 aliphatic rings. The number of aromatic nitrogens is 12. The Balaban J connectivity index is 0.000000122. The van der Waals surface area contributed by atoms with Gasteiger partial charge in [-0.1, -0.05) is 422 Å². The Morgan fingerprint density at radius 1 is 0.143 bits per heavy atom. The maximum Gasteiger partial charge on any atom is 0.160 e. The second kappa shape index (κ2) is 40.7. The summed E-state index contributed by atoms with van der Waals surface area (Å²) >= 11 is 0. The Labute approximate surface area is 854 Å².